The minimum atomic E-state index is -0.224. The Balaban J connectivity index is 2.00. The van der Waals surface area contributed by atoms with E-state index in [2.05, 4.69) is 17.1 Å². The van der Waals surface area contributed by atoms with Crippen molar-refractivity contribution in [2.24, 2.45) is 0 Å². The summed E-state index contributed by atoms with van der Waals surface area (Å²) in [5.41, 5.74) is 2.17. The highest BCUT2D eigenvalue weighted by Crippen LogP contribution is 2.28. The van der Waals surface area contributed by atoms with Crippen LogP contribution in [0, 0.1) is 0 Å². The fraction of sp³-hybridized carbons (Fsp3) is 0.286. The van der Waals surface area contributed by atoms with Gasteiger partial charge in [-0.1, -0.05) is 18.2 Å². The summed E-state index contributed by atoms with van der Waals surface area (Å²) in [6.07, 6.45) is 0.935. The number of carbonyl (C=O) groups is 1. The molecule has 0 amide bonds. The fourth-order valence-electron chi connectivity index (χ4n) is 2.34. The van der Waals surface area contributed by atoms with Crippen LogP contribution >= 0.6 is 0 Å². The summed E-state index contributed by atoms with van der Waals surface area (Å²) >= 11 is 0. The van der Waals surface area contributed by atoms with Gasteiger partial charge >= 0.3 is 5.97 Å². The van der Waals surface area contributed by atoms with Gasteiger partial charge in [-0.3, -0.25) is 4.79 Å². The molecule has 4 nitrogen and oxygen atoms in total. The second-order valence-corrected chi connectivity index (χ2v) is 4.41. The molecular weight excluding hydrogens is 228 g/mol. The Hall–Kier alpha value is -2.10. The molecule has 0 radical (unpaired) electrons. The maximum absolute atomic E-state index is 11.3. The molecule has 92 valence electrons. The third-order valence-corrected chi connectivity index (χ3v) is 3.28. The quantitative estimate of drug-likeness (QED) is 0.753. The Bertz CT molecular complexity index is 610. The number of nitrogens with zero attached hydrogens (tertiary/aromatic N) is 2. The van der Waals surface area contributed by atoms with E-state index >= 15 is 0 Å². The second-order valence-electron chi connectivity index (χ2n) is 4.41. The van der Waals surface area contributed by atoms with Gasteiger partial charge in [0.1, 0.15) is 12.4 Å². The number of pyridine rings is 1. The third kappa shape index (κ3) is 1.79. The van der Waals surface area contributed by atoms with Gasteiger partial charge < -0.3 is 9.64 Å². The van der Waals surface area contributed by atoms with Gasteiger partial charge in [-0.2, -0.15) is 0 Å². The summed E-state index contributed by atoms with van der Waals surface area (Å²) in [6, 6.07) is 10.2. The van der Waals surface area contributed by atoms with E-state index in [1.165, 1.54) is 12.7 Å². The average molecular weight is 242 g/mol. The maximum Gasteiger partial charge on any atom is 0.325 e. The first-order valence-electron chi connectivity index (χ1n) is 5.98. The van der Waals surface area contributed by atoms with Crippen LogP contribution in [0.5, 0.6) is 0 Å². The van der Waals surface area contributed by atoms with Crippen LogP contribution in [0.1, 0.15) is 5.56 Å². The number of para-hydroxylation sites is 1. The minimum Gasteiger partial charge on any atom is -0.468 e. The number of aromatic nitrogens is 1. The Morgan fingerprint density at radius 2 is 2.28 bits per heavy atom. The topological polar surface area (TPSA) is 42.4 Å². The Morgan fingerprint density at radius 3 is 3.11 bits per heavy atom. The molecule has 2 heterocycles. The second kappa shape index (κ2) is 4.29. The lowest BCUT2D eigenvalue weighted by molar-refractivity contribution is -0.138. The van der Waals surface area contributed by atoms with Crippen molar-refractivity contribution in [1.29, 1.82) is 0 Å². The van der Waals surface area contributed by atoms with Crippen molar-refractivity contribution >= 4 is 22.7 Å². The van der Waals surface area contributed by atoms with E-state index in [0.717, 1.165) is 29.7 Å². The number of methoxy groups -OCH3 is 1. The lowest BCUT2D eigenvalue weighted by Gasteiger charge is -2.16. The van der Waals surface area contributed by atoms with Crippen molar-refractivity contribution in [2.75, 3.05) is 25.1 Å². The molecule has 4 heteroatoms. The monoisotopic (exact) mass is 242 g/mol. The number of ether oxygens (including phenoxy) is 1. The van der Waals surface area contributed by atoms with E-state index in [-0.39, 0.29) is 12.5 Å². The van der Waals surface area contributed by atoms with Crippen molar-refractivity contribution in [1.82, 2.24) is 4.98 Å². The van der Waals surface area contributed by atoms with Gasteiger partial charge in [-0.25, -0.2) is 4.98 Å². The molecule has 0 aliphatic carbocycles. The number of hydrogen-bond donors (Lipinski definition) is 0. The molecule has 0 saturated heterocycles. The zero-order chi connectivity index (χ0) is 12.5. The lowest BCUT2D eigenvalue weighted by Crippen LogP contribution is -2.29. The van der Waals surface area contributed by atoms with Crippen LogP contribution in [0.2, 0.25) is 0 Å². The first-order chi connectivity index (χ1) is 8.78. The molecule has 18 heavy (non-hydrogen) atoms. The van der Waals surface area contributed by atoms with Crippen LogP contribution in [-0.2, 0) is 16.0 Å². The fourth-order valence-corrected chi connectivity index (χ4v) is 2.34. The number of hydrogen-bond acceptors (Lipinski definition) is 4. The highest BCUT2D eigenvalue weighted by Gasteiger charge is 2.23. The third-order valence-electron chi connectivity index (χ3n) is 3.28. The Kier molecular flexibility index (Phi) is 2.63. The van der Waals surface area contributed by atoms with Crippen molar-refractivity contribution < 1.29 is 9.53 Å². The summed E-state index contributed by atoms with van der Waals surface area (Å²) in [7, 11) is 1.41. The molecule has 0 saturated carbocycles. The number of rotatable bonds is 2. The van der Waals surface area contributed by atoms with Gasteiger partial charge in [-0.15, -0.1) is 0 Å². The Morgan fingerprint density at radius 1 is 1.44 bits per heavy atom. The average Bonchev–Trinajstić information content (AvgIpc) is 2.78. The lowest BCUT2D eigenvalue weighted by atomic mass is 10.1. The summed E-state index contributed by atoms with van der Waals surface area (Å²) in [5.74, 6) is 0.692. The predicted octanol–water partition coefficient (Wildman–Crippen LogP) is 1.77. The first-order valence-corrected chi connectivity index (χ1v) is 5.98. The normalized spacial score (nSPS) is 13.7. The molecule has 0 N–H and O–H groups in total. The van der Waals surface area contributed by atoms with E-state index in [1.54, 1.807) is 0 Å². The molecule has 0 fully saturated rings. The zero-order valence-corrected chi connectivity index (χ0v) is 10.2. The van der Waals surface area contributed by atoms with Crippen molar-refractivity contribution in [2.45, 2.75) is 6.42 Å². The molecule has 0 atom stereocenters. The van der Waals surface area contributed by atoms with Gasteiger partial charge in [0, 0.05) is 11.9 Å². The first kappa shape index (κ1) is 11.0. The molecule has 0 unspecified atom stereocenters. The highest BCUT2D eigenvalue weighted by atomic mass is 16.5. The SMILES string of the molecule is COC(=O)CN1CCc2cc3ccccc3nc21. The van der Waals surface area contributed by atoms with E-state index in [0.29, 0.717) is 0 Å². The summed E-state index contributed by atoms with van der Waals surface area (Å²) in [4.78, 5) is 18.0. The number of benzene rings is 1. The van der Waals surface area contributed by atoms with Crippen molar-refractivity contribution in [3.8, 4) is 0 Å². The summed E-state index contributed by atoms with van der Waals surface area (Å²) in [5, 5.41) is 1.15. The van der Waals surface area contributed by atoms with Crippen LogP contribution < -0.4 is 4.90 Å². The largest absolute Gasteiger partial charge is 0.468 e. The maximum atomic E-state index is 11.3. The van der Waals surface area contributed by atoms with Gasteiger partial charge in [0.25, 0.3) is 0 Å². The minimum absolute atomic E-state index is 0.224. The zero-order valence-electron chi connectivity index (χ0n) is 10.2. The number of anilines is 1. The van der Waals surface area contributed by atoms with E-state index in [1.807, 2.05) is 23.1 Å². The van der Waals surface area contributed by atoms with E-state index in [9.17, 15) is 4.79 Å². The molecule has 3 rings (SSSR count). The molecule has 0 spiro atoms. The Labute approximate surface area is 105 Å². The highest BCUT2D eigenvalue weighted by molar-refractivity contribution is 5.84. The van der Waals surface area contributed by atoms with Crippen LogP contribution in [0.15, 0.2) is 30.3 Å². The van der Waals surface area contributed by atoms with Gasteiger partial charge in [-0.05, 0) is 24.1 Å². The molecule has 1 aliphatic heterocycles. The molecular formula is C14H14N2O2. The number of esters is 1. The number of fused-ring (bicyclic) bond motifs is 2. The molecule has 1 aliphatic rings. The van der Waals surface area contributed by atoms with Gasteiger partial charge in [0.2, 0.25) is 0 Å². The van der Waals surface area contributed by atoms with Gasteiger partial charge in [0.05, 0.1) is 12.6 Å². The smallest absolute Gasteiger partial charge is 0.325 e. The van der Waals surface area contributed by atoms with Crippen LogP contribution in [0.3, 0.4) is 0 Å². The van der Waals surface area contributed by atoms with Gasteiger partial charge in [0.15, 0.2) is 0 Å². The summed E-state index contributed by atoms with van der Waals surface area (Å²) < 4.78 is 4.71. The van der Waals surface area contributed by atoms with Crippen molar-refractivity contribution in [3.63, 3.8) is 0 Å². The molecule has 1 aromatic carbocycles. The molecule has 2 aromatic rings. The van der Waals surface area contributed by atoms with Crippen LogP contribution in [0.4, 0.5) is 5.82 Å². The van der Waals surface area contributed by atoms with E-state index in [4.69, 9.17) is 4.74 Å². The summed E-state index contributed by atoms with van der Waals surface area (Å²) in [6.45, 7) is 1.10. The van der Waals surface area contributed by atoms with E-state index < -0.39 is 0 Å². The standard InChI is InChI=1S/C14H14N2O2/c1-18-13(17)9-16-7-6-11-8-10-4-2-3-5-12(10)15-14(11)16/h2-5,8H,6-7,9H2,1H3. The molecule has 1 aromatic heterocycles. The van der Waals surface area contributed by atoms with Crippen LogP contribution in [-0.4, -0.2) is 31.2 Å². The predicted molar refractivity (Wildman–Crippen MR) is 69.7 cm³/mol. The van der Waals surface area contributed by atoms with Crippen LogP contribution in [0.25, 0.3) is 10.9 Å². The molecule has 0 bridgehead atoms. The number of carbonyl (C=O) groups excluding carboxylic acids is 1. The van der Waals surface area contributed by atoms with Crippen molar-refractivity contribution in [3.05, 3.63) is 35.9 Å².